The first-order valence-electron chi connectivity index (χ1n) is 6.40. The Bertz CT molecular complexity index is 514. The predicted octanol–water partition coefficient (Wildman–Crippen LogP) is 2.13. The number of nitrogens with zero attached hydrogens (tertiary/aromatic N) is 2. The first-order chi connectivity index (χ1) is 9.28. The second-order valence-corrected chi connectivity index (χ2v) is 4.39. The number of methoxy groups -OCH3 is 1. The largest absolute Gasteiger partial charge is 0.497 e. The number of rotatable bonds is 6. The summed E-state index contributed by atoms with van der Waals surface area (Å²) in [6.07, 6.45) is 2.74. The maximum Gasteiger partial charge on any atom is 0.122 e. The zero-order valence-electron chi connectivity index (χ0n) is 11.4. The quantitative estimate of drug-likeness (QED) is 0.805. The van der Waals surface area contributed by atoms with Gasteiger partial charge in [-0.15, -0.1) is 0 Å². The second kappa shape index (κ2) is 6.85. The monoisotopic (exact) mass is 257 g/mol. The van der Waals surface area contributed by atoms with Crippen molar-refractivity contribution in [2.24, 2.45) is 0 Å². The van der Waals surface area contributed by atoms with Crippen molar-refractivity contribution in [3.63, 3.8) is 0 Å². The Hall–Kier alpha value is -1.94. The van der Waals surface area contributed by atoms with Gasteiger partial charge in [-0.3, -0.25) is 9.97 Å². The first-order valence-corrected chi connectivity index (χ1v) is 6.40. The molecule has 0 aliphatic rings. The van der Waals surface area contributed by atoms with Gasteiger partial charge < -0.3 is 10.1 Å². The SMILES string of the molecule is COc1cc(C)nc(CNCCc2ccccn2)c1. The Morgan fingerprint density at radius 3 is 2.84 bits per heavy atom. The van der Waals surface area contributed by atoms with E-state index in [4.69, 9.17) is 4.74 Å². The minimum Gasteiger partial charge on any atom is -0.497 e. The summed E-state index contributed by atoms with van der Waals surface area (Å²) in [7, 11) is 1.67. The molecule has 0 saturated heterocycles. The highest BCUT2D eigenvalue weighted by atomic mass is 16.5. The summed E-state index contributed by atoms with van der Waals surface area (Å²) in [5, 5.41) is 3.37. The van der Waals surface area contributed by atoms with Gasteiger partial charge >= 0.3 is 0 Å². The zero-order chi connectivity index (χ0) is 13.5. The Morgan fingerprint density at radius 1 is 1.21 bits per heavy atom. The molecule has 0 aliphatic carbocycles. The van der Waals surface area contributed by atoms with E-state index in [1.165, 1.54) is 0 Å². The van der Waals surface area contributed by atoms with Crippen molar-refractivity contribution >= 4 is 0 Å². The van der Waals surface area contributed by atoms with Gasteiger partial charge in [-0.05, 0) is 19.1 Å². The summed E-state index contributed by atoms with van der Waals surface area (Å²) in [6, 6.07) is 9.86. The smallest absolute Gasteiger partial charge is 0.122 e. The Morgan fingerprint density at radius 2 is 2.11 bits per heavy atom. The number of hydrogen-bond acceptors (Lipinski definition) is 4. The van der Waals surface area contributed by atoms with Crippen molar-refractivity contribution in [3.05, 3.63) is 53.6 Å². The van der Waals surface area contributed by atoms with Crippen LogP contribution in [0, 0.1) is 6.92 Å². The fourth-order valence-electron chi connectivity index (χ4n) is 1.89. The molecule has 0 unspecified atom stereocenters. The van der Waals surface area contributed by atoms with Gasteiger partial charge in [0.25, 0.3) is 0 Å². The molecule has 0 aromatic carbocycles. The molecule has 2 aromatic rings. The zero-order valence-corrected chi connectivity index (χ0v) is 11.4. The Balaban J connectivity index is 1.81. The van der Waals surface area contributed by atoms with Crippen molar-refractivity contribution in [3.8, 4) is 5.75 Å². The van der Waals surface area contributed by atoms with Gasteiger partial charge in [-0.2, -0.15) is 0 Å². The van der Waals surface area contributed by atoms with Crippen molar-refractivity contribution < 1.29 is 4.74 Å². The third-order valence-electron chi connectivity index (χ3n) is 2.81. The van der Waals surface area contributed by atoms with Crippen LogP contribution < -0.4 is 10.1 Å². The van der Waals surface area contributed by atoms with E-state index in [0.29, 0.717) is 0 Å². The average Bonchev–Trinajstić information content (AvgIpc) is 2.44. The van der Waals surface area contributed by atoms with E-state index in [0.717, 1.165) is 42.3 Å². The summed E-state index contributed by atoms with van der Waals surface area (Å²) in [5.74, 6) is 0.856. The lowest BCUT2D eigenvalue weighted by Crippen LogP contribution is -2.18. The molecule has 4 nitrogen and oxygen atoms in total. The molecule has 0 radical (unpaired) electrons. The third kappa shape index (κ3) is 4.34. The van der Waals surface area contributed by atoms with Crippen LogP contribution in [0.25, 0.3) is 0 Å². The van der Waals surface area contributed by atoms with Crippen LogP contribution in [0.3, 0.4) is 0 Å². The fourth-order valence-corrected chi connectivity index (χ4v) is 1.89. The average molecular weight is 257 g/mol. The van der Waals surface area contributed by atoms with Crippen molar-refractivity contribution in [2.75, 3.05) is 13.7 Å². The molecular formula is C15H19N3O. The highest BCUT2D eigenvalue weighted by Crippen LogP contribution is 2.12. The van der Waals surface area contributed by atoms with Crippen molar-refractivity contribution in [2.45, 2.75) is 19.9 Å². The van der Waals surface area contributed by atoms with Gasteiger partial charge in [0.15, 0.2) is 0 Å². The predicted molar refractivity (Wildman–Crippen MR) is 75.2 cm³/mol. The van der Waals surface area contributed by atoms with E-state index in [2.05, 4.69) is 15.3 Å². The third-order valence-corrected chi connectivity index (χ3v) is 2.81. The van der Waals surface area contributed by atoms with Gasteiger partial charge in [-0.1, -0.05) is 6.07 Å². The molecule has 2 rings (SSSR count). The summed E-state index contributed by atoms with van der Waals surface area (Å²) in [4.78, 5) is 8.76. The summed E-state index contributed by atoms with van der Waals surface area (Å²) >= 11 is 0. The molecule has 2 heterocycles. The second-order valence-electron chi connectivity index (χ2n) is 4.39. The van der Waals surface area contributed by atoms with Crippen LogP contribution in [0.2, 0.25) is 0 Å². The molecule has 0 atom stereocenters. The first kappa shape index (κ1) is 13.5. The van der Waals surface area contributed by atoms with E-state index >= 15 is 0 Å². The maximum absolute atomic E-state index is 5.23. The van der Waals surface area contributed by atoms with E-state index in [9.17, 15) is 0 Å². The molecule has 0 bridgehead atoms. The number of hydrogen-bond donors (Lipinski definition) is 1. The highest BCUT2D eigenvalue weighted by Gasteiger charge is 2.00. The molecule has 0 fully saturated rings. The van der Waals surface area contributed by atoms with E-state index < -0.39 is 0 Å². The maximum atomic E-state index is 5.23. The Kier molecular flexibility index (Phi) is 4.86. The number of aryl methyl sites for hydroxylation is 1. The molecule has 1 N–H and O–H groups in total. The van der Waals surface area contributed by atoms with Gasteiger partial charge in [0.1, 0.15) is 5.75 Å². The fraction of sp³-hybridized carbons (Fsp3) is 0.333. The molecule has 0 spiro atoms. The lowest BCUT2D eigenvalue weighted by atomic mass is 10.2. The van der Waals surface area contributed by atoms with Gasteiger partial charge in [0, 0.05) is 49.2 Å². The lowest BCUT2D eigenvalue weighted by molar-refractivity contribution is 0.412. The molecule has 4 heteroatoms. The minimum atomic E-state index is 0.741. The van der Waals surface area contributed by atoms with Crippen LogP contribution in [0.5, 0.6) is 5.75 Å². The van der Waals surface area contributed by atoms with Gasteiger partial charge in [-0.25, -0.2) is 0 Å². The molecular weight excluding hydrogens is 238 g/mol. The van der Waals surface area contributed by atoms with E-state index in [-0.39, 0.29) is 0 Å². The van der Waals surface area contributed by atoms with Crippen molar-refractivity contribution in [1.82, 2.24) is 15.3 Å². The molecule has 19 heavy (non-hydrogen) atoms. The summed E-state index contributed by atoms with van der Waals surface area (Å²) < 4.78 is 5.23. The lowest BCUT2D eigenvalue weighted by Gasteiger charge is -2.07. The van der Waals surface area contributed by atoms with Crippen LogP contribution in [0.1, 0.15) is 17.1 Å². The van der Waals surface area contributed by atoms with E-state index in [1.54, 1.807) is 7.11 Å². The van der Waals surface area contributed by atoms with Gasteiger partial charge in [0.05, 0.1) is 12.8 Å². The topological polar surface area (TPSA) is 47.0 Å². The number of nitrogens with one attached hydrogen (secondary N) is 1. The van der Waals surface area contributed by atoms with Crippen LogP contribution >= 0.6 is 0 Å². The van der Waals surface area contributed by atoms with Gasteiger partial charge in [0.2, 0.25) is 0 Å². The van der Waals surface area contributed by atoms with Crippen molar-refractivity contribution in [1.29, 1.82) is 0 Å². The Labute approximate surface area is 113 Å². The summed E-state index contributed by atoms with van der Waals surface area (Å²) in [6.45, 7) is 3.60. The molecule has 0 amide bonds. The van der Waals surface area contributed by atoms with E-state index in [1.807, 2.05) is 43.5 Å². The number of aromatic nitrogens is 2. The normalized spacial score (nSPS) is 10.4. The number of pyridine rings is 2. The summed E-state index contributed by atoms with van der Waals surface area (Å²) in [5.41, 5.74) is 3.07. The molecule has 0 saturated carbocycles. The number of ether oxygens (including phenoxy) is 1. The van der Waals surface area contributed by atoms with Crippen LogP contribution in [-0.4, -0.2) is 23.6 Å². The molecule has 100 valence electrons. The van der Waals surface area contributed by atoms with Crippen LogP contribution in [0.4, 0.5) is 0 Å². The molecule has 0 aliphatic heterocycles. The van der Waals surface area contributed by atoms with Crippen LogP contribution in [0.15, 0.2) is 36.5 Å². The standard InChI is InChI=1S/C15H19N3O/c1-12-9-15(19-2)10-14(18-12)11-16-8-6-13-5-3-4-7-17-13/h3-5,7,9-10,16H,6,8,11H2,1-2H3. The van der Waals surface area contributed by atoms with Crippen LogP contribution in [-0.2, 0) is 13.0 Å². The molecule has 2 aromatic heterocycles. The highest BCUT2D eigenvalue weighted by molar-refractivity contribution is 5.26. The minimum absolute atomic E-state index is 0.741.